The Bertz CT molecular complexity index is 1120. The second-order valence-corrected chi connectivity index (χ2v) is 7.20. The maximum absolute atomic E-state index is 15.8. The maximum Gasteiger partial charge on any atom is 0.737 e. The van der Waals surface area contributed by atoms with Gasteiger partial charge in [-0.2, -0.15) is 0 Å². The Labute approximate surface area is 173 Å². The van der Waals surface area contributed by atoms with E-state index in [2.05, 4.69) is 9.47 Å². The van der Waals surface area contributed by atoms with Crippen molar-refractivity contribution in [2.75, 3.05) is 14.2 Å². The summed E-state index contributed by atoms with van der Waals surface area (Å²) < 4.78 is 42.8. The molecule has 0 fully saturated rings. The van der Waals surface area contributed by atoms with E-state index in [1.165, 1.54) is 38.5 Å². The first-order valence-corrected chi connectivity index (χ1v) is 9.38. The minimum absolute atomic E-state index is 0.354. The first-order chi connectivity index (χ1) is 14.1. The van der Waals surface area contributed by atoms with Gasteiger partial charge < -0.3 is 27.1 Å². The summed E-state index contributed by atoms with van der Waals surface area (Å²) in [7, 11) is 2.51. The Hall–Kier alpha value is -3.23. The van der Waals surface area contributed by atoms with Crippen LogP contribution in [0.5, 0.6) is 0 Å². The number of fused-ring (bicyclic) bond motifs is 2. The average Bonchev–Trinajstić information content (AvgIpc) is 3.09. The summed E-state index contributed by atoms with van der Waals surface area (Å²) in [5.41, 5.74) is 3.88. The molecule has 6 nitrogen and oxygen atoms in total. The highest BCUT2D eigenvalue weighted by atomic mass is 19.2. The summed E-state index contributed by atoms with van der Waals surface area (Å²) in [5.74, 6) is -1.11. The number of allylic oxidation sites excluding steroid dienone is 3. The molecule has 158 valence electrons. The van der Waals surface area contributed by atoms with Crippen LogP contribution >= 0.6 is 0 Å². The van der Waals surface area contributed by atoms with Crippen LogP contribution in [0.1, 0.15) is 36.4 Å². The number of halogens is 2. The van der Waals surface area contributed by atoms with Crippen LogP contribution < -0.4 is 0 Å². The van der Waals surface area contributed by atoms with Crippen molar-refractivity contribution in [2.24, 2.45) is 0 Å². The van der Waals surface area contributed by atoms with Gasteiger partial charge in [0.25, 0.3) is 0 Å². The molecule has 0 saturated carbocycles. The number of nitrogens with zero attached hydrogens (tertiary/aromatic N) is 2. The fourth-order valence-electron chi connectivity index (χ4n) is 4.13. The van der Waals surface area contributed by atoms with Crippen LogP contribution in [0.15, 0.2) is 35.1 Å². The number of hydrogen-bond donors (Lipinski definition) is 0. The van der Waals surface area contributed by atoms with Gasteiger partial charge >= 0.3 is 18.9 Å². The van der Waals surface area contributed by atoms with Gasteiger partial charge in [-0.05, 0) is 49.7 Å². The lowest BCUT2D eigenvalue weighted by atomic mass is 9.89. The fourth-order valence-corrected chi connectivity index (χ4v) is 4.13. The molecule has 0 radical (unpaired) electrons. The lowest BCUT2D eigenvalue weighted by Crippen LogP contribution is -2.50. The molecule has 0 bridgehead atoms. The minimum atomic E-state index is -4.18. The van der Waals surface area contributed by atoms with Crippen molar-refractivity contribution < 1.29 is 32.2 Å². The quantitative estimate of drug-likeness (QED) is 0.429. The molecule has 0 aliphatic carbocycles. The lowest BCUT2D eigenvalue weighted by molar-refractivity contribution is -0.363. The van der Waals surface area contributed by atoms with E-state index in [9.17, 15) is 9.59 Å². The highest BCUT2D eigenvalue weighted by molar-refractivity contribution is 6.58. The van der Waals surface area contributed by atoms with Gasteiger partial charge in [0.15, 0.2) is 5.70 Å². The van der Waals surface area contributed by atoms with Gasteiger partial charge in [-0.25, -0.2) is 9.59 Å². The van der Waals surface area contributed by atoms with E-state index in [0.717, 1.165) is 8.96 Å². The number of carbonyl (C=O) groups excluding carboxylic acids is 2. The lowest BCUT2D eigenvalue weighted by Gasteiger charge is -2.30. The van der Waals surface area contributed by atoms with E-state index in [0.29, 0.717) is 45.1 Å². The molecular formula is C21H23BF2N2O4. The molecule has 0 spiro atoms. The molecule has 2 aliphatic heterocycles. The Morgan fingerprint density at radius 3 is 2.17 bits per heavy atom. The molecular weight excluding hydrogens is 393 g/mol. The Balaban J connectivity index is 2.20. The summed E-state index contributed by atoms with van der Waals surface area (Å²) in [6.07, 6.45) is 7.16. The molecule has 0 unspecified atom stereocenters. The number of hydrogen-bond acceptors (Lipinski definition) is 4. The van der Waals surface area contributed by atoms with Crippen LogP contribution in [0.3, 0.4) is 0 Å². The Morgan fingerprint density at radius 2 is 1.60 bits per heavy atom. The zero-order valence-corrected chi connectivity index (χ0v) is 17.7. The van der Waals surface area contributed by atoms with E-state index < -0.39 is 18.9 Å². The molecule has 0 saturated heterocycles. The average molecular weight is 416 g/mol. The van der Waals surface area contributed by atoms with Gasteiger partial charge in [0.05, 0.1) is 14.2 Å². The third-order valence-electron chi connectivity index (χ3n) is 5.67. The predicted octanol–water partition coefficient (Wildman–Crippen LogP) is 3.40. The standard InChI is InChI=1S/C21H23BF2N2O4/c1-12-16(7-9-20(27)29-5)14(3)25-18(12)11-19-13(2)17(8-10-21(28)30-6)15(4)26(19)22(25,23)24/h7-11H,1-6H3/b9-7+,10-8+. The second-order valence-electron chi connectivity index (χ2n) is 7.20. The number of esters is 2. The van der Waals surface area contributed by atoms with Crippen molar-refractivity contribution in [3.63, 3.8) is 0 Å². The van der Waals surface area contributed by atoms with Crippen molar-refractivity contribution in [1.29, 1.82) is 0 Å². The maximum atomic E-state index is 15.8. The van der Waals surface area contributed by atoms with Crippen LogP contribution in [-0.4, -0.2) is 47.8 Å². The van der Waals surface area contributed by atoms with E-state index in [1.807, 2.05) is 0 Å². The van der Waals surface area contributed by atoms with E-state index in [-0.39, 0.29) is 0 Å². The number of aromatic nitrogens is 1. The van der Waals surface area contributed by atoms with Gasteiger partial charge in [0.1, 0.15) is 5.71 Å². The largest absolute Gasteiger partial charge is 0.737 e. The van der Waals surface area contributed by atoms with Crippen LogP contribution in [0, 0.1) is 13.8 Å². The summed E-state index contributed by atoms with van der Waals surface area (Å²) in [5, 5.41) is 0. The number of ether oxygens (including phenoxy) is 2. The summed E-state index contributed by atoms with van der Waals surface area (Å²) in [6, 6.07) is 0. The molecule has 1 aromatic rings. The van der Waals surface area contributed by atoms with Crippen LogP contribution in [0.2, 0.25) is 0 Å². The Morgan fingerprint density at radius 1 is 1.03 bits per heavy atom. The number of carbonyl (C=O) groups is 2. The third kappa shape index (κ3) is 3.14. The molecule has 1 aromatic heterocycles. The SMILES string of the molecule is COC(=O)/C=C/C1=C(C)C2=Cc3c(C)c(/C=C/C(=O)OC)c(C)n3[B-](F)(F)[N+]2=C1C. The zero-order chi connectivity index (χ0) is 22.4. The first-order valence-electron chi connectivity index (χ1n) is 9.38. The molecule has 0 aromatic carbocycles. The van der Waals surface area contributed by atoms with Crippen molar-refractivity contribution in [2.45, 2.75) is 27.7 Å². The van der Waals surface area contributed by atoms with Crippen LogP contribution in [-0.2, 0) is 19.1 Å². The monoisotopic (exact) mass is 416 g/mol. The topological polar surface area (TPSA) is 60.5 Å². The van der Waals surface area contributed by atoms with E-state index in [4.69, 9.17) is 0 Å². The van der Waals surface area contributed by atoms with Gasteiger partial charge in [-0.15, -0.1) is 0 Å². The number of methoxy groups -OCH3 is 2. The second kappa shape index (κ2) is 7.55. The first kappa shape index (κ1) is 21.5. The normalized spacial score (nSPS) is 17.5. The fraction of sp³-hybridized carbons (Fsp3) is 0.286. The Kier molecular flexibility index (Phi) is 5.41. The van der Waals surface area contributed by atoms with Crippen molar-refractivity contribution >= 4 is 36.8 Å². The molecule has 30 heavy (non-hydrogen) atoms. The van der Waals surface area contributed by atoms with E-state index in [1.54, 1.807) is 33.8 Å². The third-order valence-corrected chi connectivity index (χ3v) is 5.67. The predicted molar refractivity (Wildman–Crippen MR) is 111 cm³/mol. The molecule has 0 amide bonds. The smallest absolute Gasteiger partial charge is 0.466 e. The highest BCUT2D eigenvalue weighted by Crippen LogP contribution is 2.40. The molecule has 2 aliphatic rings. The summed E-state index contributed by atoms with van der Waals surface area (Å²) in [6.45, 7) is 2.52. The minimum Gasteiger partial charge on any atom is -0.466 e. The highest BCUT2D eigenvalue weighted by Gasteiger charge is 2.54. The van der Waals surface area contributed by atoms with Gasteiger partial charge in [-0.1, -0.05) is 0 Å². The molecule has 3 rings (SSSR count). The molecule has 0 N–H and O–H groups in total. The molecule has 0 atom stereocenters. The van der Waals surface area contributed by atoms with Gasteiger partial charge in [-0.3, -0.25) is 0 Å². The van der Waals surface area contributed by atoms with Gasteiger partial charge in [0.2, 0.25) is 0 Å². The van der Waals surface area contributed by atoms with Crippen molar-refractivity contribution in [1.82, 2.24) is 4.48 Å². The zero-order valence-electron chi connectivity index (χ0n) is 17.7. The number of rotatable bonds is 4. The van der Waals surface area contributed by atoms with Crippen LogP contribution in [0.25, 0.3) is 12.2 Å². The van der Waals surface area contributed by atoms with Gasteiger partial charge in [0, 0.05) is 42.0 Å². The van der Waals surface area contributed by atoms with Crippen molar-refractivity contribution in [3.05, 3.63) is 57.6 Å². The molecule has 3 heterocycles. The summed E-state index contributed by atoms with van der Waals surface area (Å²) in [4.78, 5) is 22.9. The molecule has 9 heteroatoms. The summed E-state index contributed by atoms with van der Waals surface area (Å²) >= 11 is 0. The van der Waals surface area contributed by atoms with Crippen molar-refractivity contribution in [3.8, 4) is 0 Å². The van der Waals surface area contributed by atoms with E-state index >= 15 is 8.63 Å². The van der Waals surface area contributed by atoms with Crippen LogP contribution in [0.4, 0.5) is 8.63 Å².